The average Bonchev–Trinajstić information content (AvgIpc) is 2.86. The number of ether oxygens (including phenoxy) is 2. The third-order valence-corrected chi connectivity index (χ3v) is 6.66. The highest BCUT2D eigenvalue weighted by Gasteiger charge is 2.31. The lowest BCUT2D eigenvalue weighted by Crippen LogP contribution is -2.33. The molecular weight excluding hydrogens is 541 g/mol. The van der Waals surface area contributed by atoms with Crippen molar-refractivity contribution in [2.75, 3.05) is 19.5 Å². The van der Waals surface area contributed by atoms with E-state index in [9.17, 15) is 36.0 Å². The highest BCUT2D eigenvalue weighted by molar-refractivity contribution is 7.90. The number of pyridine rings is 1. The lowest BCUT2D eigenvalue weighted by molar-refractivity contribution is -0.145. The number of rotatable bonds is 9. The van der Waals surface area contributed by atoms with Gasteiger partial charge in [0, 0.05) is 24.6 Å². The first-order valence-electron chi connectivity index (χ1n) is 11.5. The molecule has 0 aliphatic carbocycles. The summed E-state index contributed by atoms with van der Waals surface area (Å²) in [5.41, 5.74) is -1.96. The van der Waals surface area contributed by atoms with E-state index in [-0.39, 0.29) is 35.2 Å². The van der Waals surface area contributed by atoms with Gasteiger partial charge in [0.15, 0.2) is 16.4 Å². The van der Waals surface area contributed by atoms with Gasteiger partial charge in [-0.3, -0.25) is 14.2 Å². The molecule has 0 bridgehead atoms. The van der Waals surface area contributed by atoms with Crippen LogP contribution in [0.4, 0.5) is 13.2 Å². The van der Waals surface area contributed by atoms with Gasteiger partial charge in [-0.1, -0.05) is 18.2 Å². The molecule has 208 valence electrons. The summed E-state index contributed by atoms with van der Waals surface area (Å²) < 4.78 is 74.5. The molecule has 0 aliphatic heterocycles. The minimum absolute atomic E-state index is 0.0523. The van der Waals surface area contributed by atoms with Crippen LogP contribution >= 0.6 is 0 Å². The maximum absolute atomic E-state index is 13.4. The van der Waals surface area contributed by atoms with Gasteiger partial charge in [0.25, 0.3) is 11.5 Å². The normalized spacial score (nSPS) is 11.6. The number of amides is 1. The van der Waals surface area contributed by atoms with Crippen LogP contribution in [-0.4, -0.2) is 44.3 Å². The maximum Gasteiger partial charge on any atom is 0.416 e. The van der Waals surface area contributed by atoms with Gasteiger partial charge >= 0.3 is 12.1 Å². The summed E-state index contributed by atoms with van der Waals surface area (Å²) in [6, 6.07) is 10.8. The summed E-state index contributed by atoms with van der Waals surface area (Å²) in [5, 5.41) is 2.53. The molecule has 13 heteroatoms. The molecule has 1 heterocycles. The van der Waals surface area contributed by atoms with Crippen molar-refractivity contribution in [2.45, 2.75) is 31.5 Å². The Bertz CT molecular complexity index is 1550. The molecule has 0 radical (unpaired) electrons. The third kappa shape index (κ3) is 7.25. The molecule has 1 aromatic heterocycles. The van der Waals surface area contributed by atoms with Crippen molar-refractivity contribution in [1.82, 2.24) is 9.88 Å². The zero-order valence-corrected chi connectivity index (χ0v) is 22.0. The predicted octanol–water partition coefficient (Wildman–Crippen LogP) is 3.44. The summed E-state index contributed by atoms with van der Waals surface area (Å²) in [4.78, 5) is 38.3. The number of hydrogen-bond donors (Lipinski definition) is 1. The number of esters is 1. The van der Waals surface area contributed by atoms with Crippen LogP contribution in [0.25, 0.3) is 5.69 Å². The van der Waals surface area contributed by atoms with E-state index >= 15 is 0 Å². The van der Waals surface area contributed by atoms with E-state index in [1.54, 1.807) is 6.92 Å². The molecule has 3 aromatic rings. The van der Waals surface area contributed by atoms with Gasteiger partial charge in [0.2, 0.25) is 0 Å². The summed E-state index contributed by atoms with van der Waals surface area (Å²) in [6.07, 6.45) is -3.63. The molecule has 0 fully saturated rings. The van der Waals surface area contributed by atoms with Gasteiger partial charge in [-0.15, -0.1) is 0 Å². The van der Waals surface area contributed by atoms with E-state index in [2.05, 4.69) is 5.32 Å². The molecule has 1 amide bonds. The Kier molecular flexibility index (Phi) is 8.85. The number of nitrogens with zero attached hydrogens (tertiary/aromatic N) is 1. The summed E-state index contributed by atoms with van der Waals surface area (Å²) in [7, 11) is -3.42. The standard InChI is InChI=1S/C26H25F3N2O7S/c1-4-37-23(32)15-38-22-13-21(24(33)30-14-17-8-10-20(11-9-17)39(3,35)36)25(34)31(16(22)2)19-7-5-6-18(12-19)26(27,28)29/h5-13H,4,14-15H2,1-3H3,(H,30,33). The molecule has 1 N–H and O–H groups in total. The summed E-state index contributed by atoms with van der Waals surface area (Å²) >= 11 is 0. The Morgan fingerprint density at radius 1 is 1.05 bits per heavy atom. The fourth-order valence-electron chi connectivity index (χ4n) is 3.59. The third-order valence-electron chi connectivity index (χ3n) is 5.53. The van der Waals surface area contributed by atoms with Crippen LogP contribution in [-0.2, 0) is 32.1 Å². The molecule has 2 aromatic carbocycles. The van der Waals surface area contributed by atoms with E-state index in [0.717, 1.165) is 35.1 Å². The number of benzene rings is 2. The highest BCUT2D eigenvalue weighted by Crippen LogP contribution is 2.31. The first-order chi connectivity index (χ1) is 18.2. The number of halogens is 3. The largest absolute Gasteiger partial charge is 0.480 e. The number of alkyl halides is 3. The van der Waals surface area contributed by atoms with Crippen molar-refractivity contribution in [3.8, 4) is 11.4 Å². The number of sulfone groups is 1. The topological polar surface area (TPSA) is 121 Å². The Morgan fingerprint density at radius 2 is 1.72 bits per heavy atom. The van der Waals surface area contributed by atoms with Gasteiger partial charge in [0.1, 0.15) is 11.3 Å². The van der Waals surface area contributed by atoms with E-state index in [0.29, 0.717) is 5.56 Å². The van der Waals surface area contributed by atoms with Crippen molar-refractivity contribution >= 4 is 21.7 Å². The molecule has 0 saturated heterocycles. The summed E-state index contributed by atoms with van der Waals surface area (Å²) in [6.45, 7) is 2.42. The first-order valence-corrected chi connectivity index (χ1v) is 13.4. The minimum atomic E-state index is -4.68. The van der Waals surface area contributed by atoms with Gasteiger partial charge in [-0.25, -0.2) is 13.2 Å². The molecular formula is C26H25F3N2O7S. The second kappa shape index (κ2) is 11.7. The molecule has 0 saturated carbocycles. The summed E-state index contributed by atoms with van der Waals surface area (Å²) in [5.74, 6) is -1.69. The van der Waals surface area contributed by atoms with Crippen molar-refractivity contribution in [2.24, 2.45) is 0 Å². The number of hydrogen-bond acceptors (Lipinski definition) is 7. The van der Waals surface area contributed by atoms with Gasteiger partial charge < -0.3 is 14.8 Å². The van der Waals surface area contributed by atoms with E-state index < -0.39 is 51.2 Å². The quantitative estimate of drug-likeness (QED) is 0.394. The molecule has 0 aliphatic rings. The van der Waals surface area contributed by atoms with Crippen LogP contribution in [0.5, 0.6) is 5.75 Å². The lowest BCUT2D eigenvalue weighted by atomic mass is 10.1. The monoisotopic (exact) mass is 566 g/mol. The van der Waals surface area contributed by atoms with Gasteiger partial charge in [-0.2, -0.15) is 13.2 Å². The molecule has 0 spiro atoms. The van der Waals surface area contributed by atoms with Crippen LogP contribution in [0.2, 0.25) is 0 Å². The van der Waals surface area contributed by atoms with Crippen molar-refractivity contribution in [3.63, 3.8) is 0 Å². The van der Waals surface area contributed by atoms with Gasteiger partial charge in [0.05, 0.1) is 22.8 Å². The highest BCUT2D eigenvalue weighted by atomic mass is 32.2. The minimum Gasteiger partial charge on any atom is -0.480 e. The van der Waals surface area contributed by atoms with E-state index in [1.165, 1.54) is 37.3 Å². The van der Waals surface area contributed by atoms with Gasteiger partial charge in [-0.05, 0) is 49.7 Å². The second-order valence-electron chi connectivity index (χ2n) is 8.39. The molecule has 0 atom stereocenters. The number of aromatic nitrogens is 1. The molecule has 0 unspecified atom stereocenters. The van der Waals surface area contributed by atoms with E-state index in [1.807, 2.05) is 0 Å². The fourth-order valence-corrected chi connectivity index (χ4v) is 4.22. The van der Waals surface area contributed by atoms with Crippen LogP contribution < -0.4 is 15.6 Å². The predicted molar refractivity (Wildman–Crippen MR) is 135 cm³/mol. The van der Waals surface area contributed by atoms with Crippen molar-refractivity contribution < 1.29 is 40.7 Å². The van der Waals surface area contributed by atoms with Crippen molar-refractivity contribution in [3.05, 3.63) is 87.3 Å². The van der Waals surface area contributed by atoms with Crippen molar-refractivity contribution in [1.29, 1.82) is 0 Å². The number of carbonyl (C=O) groups is 2. The zero-order chi connectivity index (χ0) is 29.0. The van der Waals surface area contributed by atoms with Crippen LogP contribution in [0.1, 0.15) is 34.1 Å². The molecule has 3 rings (SSSR count). The second-order valence-corrected chi connectivity index (χ2v) is 10.4. The maximum atomic E-state index is 13.4. The Balaban J connectivity index is 2.01. The first kappa shape index (κ1) is 29.4. The number of carbonyl (C=O) groups excluding carboxylic acids is 2. The van der Waals surface area contributed by atoms with Crippen LogP contribution in [0, 0.1) is 6.92 Å². The Hall–Kier alpha value is -4.13. The van der Waals surface area contributed by atoms with Crippen LogP contribution in [0.15, 0.2) is 64.3 Å². The average molecular weight is 567 g/mol. The molecule has 39 heavy (non-hydrogen) atoms. The van der Waals surface area contributed by atoms with Crippen LogP contribution in [0.3, 0.4) is 0 Å². The zero-order valence-electron chi connectivity index (χ0n) is 21.2. The number of nitrogens with one attached hydrogen (secondary N) is 1. The SMILES string of the molecule is CCOC(=O)COc1cc(C(=O)NCc2ccc(S(C)(=O)=O)cc2)c(=O)n(-c2cccc(C(F)(F)F)c2)c1C. The Morgan fingerprint density at radius 3 is 2.31 bits per heavy atom. The van der Waals surface area contributed by atoms with E-state index in [4.69, 9.17) is 9.47 Å². The Labute approximate surface area is 222 Å². The lowest BCUT2D eigenvalue weighted by Gasteiger charge is -2.18. The fraction of sp³-hybridized carbons (Fsp3) is 0.269. The molecule has 9 nitrogen and oxygen atoms in total. The smallest absolute Gasteiger partial charge is 0.416 e.